The molecule has 0 aliphatic carbocycles. The Balaban J connectivity index is 2.33. The molecule has 1 aliphatic heterocycles. The molecule has 1 aromatic carbocycles. The Labute approximate surface area is 109 Å². The number of hydrogen-bond acceptors (Lipinski definition) is 4. The van der Waals surface area contributed by atoms with Crippen molar-refractivity contribution in [1.82, 2.24) is 0 Å². The van der Waals surface area contributed by atoms with Crippen molar-refractivity contribution in [2.45, 2.75) is 6.10 Å². The second-order valence-corrected chi connectivity index (χ2v) is 4.47. The average molecular weight is 303 g/mol. The summed E-state index contributed by atoms with van der Waals surface area (Å²) in [5, 5.41) is 0. The maximum absolute atomic E-state index is 5.65. The number of halogens is 1. The van der Waals surface area contributed by atoms with E-state index in [1.165, 1.54) is 0 Å². The van der Waals surface area contributed by atoms with Crippen LogP contribution in [-0.4, -0.2) is 34.0 Å². The summed E-state index contributed by atoms with van der Waals surface area (Å²) in [5.41, 5.74) is 1.00. The second-order valence-electron chi connectivity index (χ2n) is 3.67. The molecule has 0 bridgehead atoms. The fourth-order valence-corrected chi connectivity index (χ4v) is 2.31. The van der Waals surface area contributed by atoms with Gasteiger partial charge in [-0.1, -0.05) is 0 Å². The lowest BCUT2D eigenvalue weighted by atomic mass is 10.1. The predicted octanol–water partition coefficient (Wildman–Crippen LogP) is 2.55. The smallest absolute Gasteiger partial charge is 0.137 e. The summed E-state index contributed by atoms with van der Waals surface area (Å²) in [6.45, 7) is 1.83. The van der Waals surface area contributed by atoms with Crippen molar-refractivity contribution < 1.29 is 18.9 Å². The maximum Gasteiger partial charge on any atom is 0.137 e. The molecule has 1 atom stereocenters. The molecule has 0 saturated carbocycles. The molecule has 5 heteroatoms. The normalized spacial score (nSPS) is 20.1. The summed E-state index contributed by atoms with van der Waals surface area (Å²) in [4.78, 5) is 0. The Bertz CT molecular complexity index is 363. The Hall–Kier alpha value is -0.780. The number of ether oxygens (including phenoxy) is 4. The molecule has 0 amide bonds. The van der Waals surface area contributed by atoms with Crippen LogP contribution in [0.4, 0.5) is 0 Å². The van der Waals surface area contributed by atoms with Gasteiger partial charge in [0.05, 0.1) is 34.0 Å². The monoisotopic (exact) mass is 302 g/mol. The molecule has 94 valence electrons. The van der Waals surface area contributed by atoms with Gasteiger partial charge in [0.1, 0.15) is 22.1 Å². The fraction of sp³-hybridized carbons (Fsp3) is 0.500. The average Bonchev–Trinajstić information content (AvgIpc) is 2.40. The molecule has 2 rings (SSSR count). The van der Waals surface area contributed by atoms with Gasteiger partial charge in [-0.2, -0.15) is 0 Å². The number of benzene rings is 1. The van der Waals surface area contributed by atoms with Crippen LogP contribution in [-0.2, 0) is 9.47 Å². The van der Waals surface area contributed by atoms with E-state index < -0.39 is 0 Å². The van der Waals surface area contributed by atoms with E-state index in [4.69, 9.17) is 18.9 Å². The first-order valence-electron chi connectivity index (χ1n) is 5.37. The van der Waals surface area contributed by atoms with E-state index in [0.29, 0.717) is 19.8 Å². The van der Waals surface area contributed by atoms with Crippen molar-refractivity contribution in [2.75, 3.05) is 34.0 Å². The third kappa shape index (κ3) is 2.73. The predicted molar refractivity (Wildman–Crippen MR) is 66.8 cm³/mol. The van der Waals surface area contributed by atoms with E-state index in [1.807, 2.05) is 12.1 Å². The molecule has 1 aromatic rings. The van der Waals surface area contributed by atoms with E-state index in [1.54, 1.807) is 14.2 Å². The molecule has 0 unspecified atom stereocenters. The molecular formula is C12H15BrO4. The van der Waals surface area contributed by atoms with Crippen molar-refractivity contribution in [3.8, 4) is 11.5 Å². The molecule has 1 saturated heterocycles. The maximum atomic E-state index is 5.65. The van der Waals surface area contributed by atoms with Crippen LogP contribution in [0.25, 0.3) is 0 Å². The van der Waals surface area contributed by atoms with E-state index in [0.717, 1.165) is 21.5 Å². The van der Waals surface area contributed by atoms with Gasteiger partial charge < -0.3 is 18.9 Å². The third-order valence-corrected chi connectivity index (χ3v) is 3.44. The molecule has 4 nitrogen and oxygen atoms in total. The minimum atomic E-state index is -0.0559. The molecule has 1 aliphatic rings. The molecule has 1 fully saturated rings. The first kappa shape index (κ1) is 12.7. The first-order chi connectivity index (χ1) is 8.26. The van der Waals surface area contributed by atoms with Gasteiger partial charge in [-0.3, -0.25) is 0 Å². The summed E-state index contributed by atoms with van der Waals surface area (Å²) in [7, 11) is 3.25. The second kappa shape index (κ2) is 5.71. The van der Waals surface area contributed by atoms with Gasteiger partial charge in [0, 0.05) is 0 Å². The van der Waals surface area contributed by atoms with E-state index in [2.05, 4.69) is 15.9 Å². The topological polar surface area (TPSA) is 36.9 Å². The van der Waals surface area contributed by atoms with Gasteiger partial charge in [-0.05, 0) is 33.6 Å². The number of methoxy groups -OCH3 is 2. The molecule has 17 heavy (non-hydrogen) atoms. The molecule has 0 aromatic heterocycles. The van der Waals surface area contributed by atoms with E-state index in [-0.39, 0.29) is 6.10 Å². The van der Waals surface area contributed by atoms with Crippen molar-refractivity contribution in [2.24, 2.45) is 0 Å². The van der Waals surface area contributed by atoms with Crippen LogP contribution >= 0.6 is 15.9 Å². The van der Waals surface area contributed by atoms with Crippen molar-refractivity contribution in [1.29, 1.82) is 0 Å². The minimum Gasteiger partial charge on any atom is -0.495 e. The third-order valence-electron chi connectivity index (χ3n) is 2.66. The minimum absolute atomic E-state index is 0.0559. The summed E-state index contributed by atoms with van der Waals surface area (Å²) < 4.78 is 22.4. The Morgan fingerprint density at radius 3 is 2.29 bits per heavy atom. The lowest BCUT2D eigenvalue weighted by Crippen LogP contribution is -2.22. The van der Waals surface area contributed by atoms with Crippen molar-refractivity contribution in [3.63, 3.8) is 0 Å². The van der Waals surface area contributed by atoms with Crippen molar-refractivity contribution >= 4 is 15.9 Å². The lowest BCUT2D eigenvalue weighted by molar-refractivity contribution is -0.0902. The van der Waals surface area contributed by atoms with Gasteiger partial charge in [-0.15, -0.1) is 0 Å². The zero-order valence-electron chi connectivity index (χ0n) is 9.86. The number of hydrogen-bond donors (Lipinski definition) is 0. The Morgan fingerprint density at radius 2 is 1.82 bits per heavy atom. The van der Waals surface area contributed by atoms with Crippen LogP contribution in [0.2, 0.25) is 0 Å². The Kier molecular flexibility index (Phi) is 4.25. The van der Waals surface area contributed by atoms with Gasteiger partial charge in [0.25, 0.3) is 0 Å². The molecule has 0 radical (unpaired) electrons. The van der Waals surface area contributed by atoms with Crippen molar-refractivity contribution in [3.05, 3.63) is 22.2 Å². The first-order valence-corrected chi connectivity index (χ1v) is 6.16. The molecule has 0 N–H and O–H groups in total. The SMILES string of the molecule is COc1cc([C@H]2COCCO2)cc(OC)c1Br. The highest BCUT2D eigenvalue weighted by molar-refractivity contribution is 9.10. The summed E-state index contributed by atoms with van der Waals surface area (Å²) in [6, 6.07) is 3.87. The quantitative estimate of drug-likeness (QED) is 0.860. The fourth-order valence-electron chi connectivity index (χ4n) is 1.76. The summed E-state index contributed by atoms with van der Waals surface area (Å²) in [5.74, 6) is 1.46. The van der Waals surface area contributed by atoms with Gasteiger partial charge >= 0.3 is 0 Å². The standard InChI is InChI=1S/C12H15BrO4/c1-14-9-5-8(6-10(15-2)12(9)13)11-7-16-3-4-17-11/h5-6,11H,3-4,7H2,1-2H3/t11-/m1/s1. The lowest BCUT2D eigenvalue weighted by Gasteiger charge is -2.24. The van der Waals surface area contributed by atoms with Crippen LogP contribution in [0.3, 0.4) is 0 Å². The van der Waals surface area contributed by atoms with Gasteiger partial charge in [-0.25, -0.2) is 0 Å². The Morgan fingerprint density at radius 1 is 1.18 bits per heavy atom. The molecular weight excluding hydrogens is 288 g/mol. The van der Waals surface area contributed by atoms with E-state index >= 15 is 0 Å². The van der Waals surface area contributed by atoms with Crippen LogP contribution < -0.4 is 9.47 Å². The van der Waals surface area contributed by atoms with Gasteiger partial charge in [0.15, 0.2) is 0 Å². The van der Waals surface area contributed by atoms with Crippen LogP contribution in [0.15, 0.2) is 16.6 Å². The zero-order valence-corrected chi connectivity index (χ0v) is 11.5. The highest BCUT2D eigenvalue weighted by atomic mass is 79.9. The molecule has 0 spiro atoms. The van der Waals surface area contributed by atoms with Crippen LogP contribution in [0.5, 0.6) is 11.5 Å². The van der Waals surface area contributed by atoms with E-state index in [9.17, 15) is 0 Å². The largest absolute Gasteiger partial charge is 0.495 e. The highest BCUT2D eigenvalue weighted by Crippen LogP contribution is 2.38. The highest BCUT2D eigenvalue weighted by Gasteiger charge is 2.20. The van der Waals surface area contributed by atoms with Crippen LogP contribution in [0, 0.1) is 0 Å². The van der Waals surface area contributed by atoms with Gasteiger partial charge in [0.2, 0.25) is 0 Å². The van der Waals surface area contributed by atoms with Crippen LogP contribution in [0.1, 0.15) is 11.7 Å². The summed E-state index contributed by atoms with van der Waals surface area (Å²) >= 11 is 3.44. The zero-order chi connectivity index (χ0) is 12.3. The summed E-state index contributed by atoms with van der Waals surface area (Å²) in [6.07, 6.45) is -0.0559. The number of rotatable bonds is 3. The molecule has 1 heterocycles.